The minimum absolute atomic E-state index is 0. The predicted molar refractivity (Wildman–Crippen MR) is 46.7 cm³/mol. The van der Waals surface area contributed by atoms with Crippen molar-refractivity contribution >= 4 is 5.84 Å². The van der Waals surface area contributed by atoms with E-state index in [9.17, 15) is 0 Å². The van der Waals surface area contributed by atoms with Gasteiger partial charge >= 0.3 is 0 Å². The molecule has 11 heavy (non-hydrogen) atoms. The van der Waals surface area contributed by atoms with Crippen molar-refractivity contribution < 1.29 is 32.7 Å². The first kappa shape index (κ1) is 14.1. The average molecular weight is 230 g/mol. The summed E-state index contributed by atoms with van der Waals surface area (Å²) in [5.41, 5.74) is 0. The third kappa shape index (κ3) is 6.95. The first-order chi connectivity index (χ1) is 4.72. The second-order valence-corrected chi connectivity index (χ2v) is 2.46. The normalized spacial score (nSPS) is 11.2. The summed E-state index contributed by atoms with van der Waals surface area (Å²) in [4.78, 5) is 4.26. The Morgan fingerprint density at radius 2 is 1.91 bits per heavy atom. The zero-order valence-corrected chi connectivity index (χ0v) is 10.8. The predicted octanol–water partition coefficient (Wildman–Crippen LogP) is 2.45. The zero-order valence-electron chi connectivity index (χ0n) is 7.96. The minimum atomic E-state index is 0. The Labute approximate surface area is 95.1 Å². The van der Waals surface area contributed by atoms with E-state index in [4.69, 9.17) is 0 Å². The van der Waals surface area contributed by atoms with Gasteiger partial charge in [-0.25, -0.2) is 0 Å². The van der Waals surface area contributed by atoms with Crippen LogP contribution in [0.4, 0.5) is 0 Å². The summed E-state index contributed by atoms with van der Waals surface area (Å²) < 4.78 is 0. The van der Waals surface area contributed by atoms with E-state index >= 15 is 0 Å². The standard InChI is InChI=1S/C8H17N2.Y/c1-5-9-8(7(3)4)10-6-2;/h7H,5-6H2,1-4H3;/q-1;. The molecular weight excluding hydrogens is 213 g/mol. The molecule has 0 fully saturated rings. The summed E-state index contributed by atoms with van der Waals surface area (Å²) in [6.07, 6.45) is 0. The molecule has 0 rings (SSSR count). The number of nitrogens with zero attached hydrogens (tertiary/aromatic N) is 2. The van der Waals surface area contributed by atoms with E-state index < -0.39 is 0 Å². The van der Waals surface area contributed by atoms with Crippen molar-refractivity contribution in [1.82, 2.24) is 0 Å². The van der Waals surface area contributed by atoms with E-state index in [0.29, 0.717) is 5.92 Å². The van der Waals surface area contributed by atoms with Gasteiger partial charge in [-0.3, -0.25) is 0 Å². The molecule has 3 heteroatoms. The monoisotopic (exact) mass is 230 g/mol. The zero-order chi connectivity index (χ0) is 7.98. The van der Waals surface area contributed by atoms with Crippen molar-refractivity contribution in [3.63, 3.8) is 0 Å². The van der Waals surface area contributed by atoms with Gasteiger partial charge < -0.3 is 10.3 Å². The van der Waals surface area contributed by atoms with Crippen LogP contribution in [-0.2, 0) is 32.7 Å². The number of rotatable bonds is 3. The second-order valence-electron chi connectivity index (χ2n) is 2.46. The van der Waals surface area contributed by atoms with Crippen molar-refractivity contribution in [1.29, 1.82) is 0 Å². The van der Waals surface area contributed by atoms with Crippen LogP contribution in [0.1, 0.15) is 27.7 Å². The van der Waals surface area contributed by atoms with Crippen molar-refractivity contribution in [3.8, 4) is 0 Å². The van der Waals surface area contributed by atoms with Gasteiger partial charge in [-0.1, -0.05) is 46.6 Å². The van der Waals surface area contributed by atoms with Gasteiger partial charge in [0, 0.05) is 32.7 Å². The van der Waals surface area contributed by atoms with Crippen LogP contribution in [0.25, 0.3) is 5.32 Å². The second kappa shape index (κ2) is 8.67. The smallest absolute Gasteiger partial charge is 0 e. The van der Waals surface area contributed by atoms with Gasteiger partial charge in [-0.05, 0) is 5.92 Å². The summed E-state index contributed by atoms with van der Waals surface area (Å²) in [5.74, 6) is 1.48. The molecular formula is C8H17N2Y-. The third-order valence-electron chi connectivity index (χ3n) is 1.16. The van der Waals surface area contributed by atoms with Gasteiger partial charge in [0.2, 0.25) is 0 Å². The fourth-order valence-corrected chi connectivity index (χ4v) is 0.739. The Morgan fingerprint density at radius 3 is 2.18 bits per heavy atom. The van der Waals surface area contributed by atoms with Crippen molar-refractivity contribution in [3.05, 3.63) is 5.32 Å². The van der Waals surface area contributed by atoms with Gasteiger partial charge in [-0.2, -0.15) is 0 Å². The van der Waals surface area contributed by atoms with Gasteiger partial charge in [0.05, 0.1) is 0 Å². The van der Waals surface area contributed by atoms with Crippen LogP contribution in [0.2, 0.25) is 0 Å². The maximum atomic E-state index is 4.26. The molecule has 0 saturated carbocycles. The molecule has 0 atom stereocenters. The minimum Gasteiger partial charge on any atom is -0.469 e. The Hall–Kier alpha value is 0.574. The average Bonchev–Trinajstić information content (AvgIpc) is 1.87. The quantitative estimate of drug-likeness (QED) is 0.526. The molecule has 0 unspecified atom stereocenters. The molecule has 0 aliphatic carbocycles. The van der Waals surface area contributed by atoms with Gasteiger partial charge in [0.15, 0.2) is 0 Å². The summed E-state index contributed by atoms with van der Waals surface area (Å²) >= 11 is 0. The molecule has 63 valence electrons. The molecule has 0 aliphatic heterocycles. The van der Waals surface area contributed by atoms with E-state index in [-0.39, 0.29) is 32.7 Å². The van der Waals surface area contributed by atoms with Crippen molar-refractivity contribution in [2.75, 3.05) is 13.1 Å². The molecule has 2 nitrogen and oxygen atoms in total. The molecule has 0 heterocycles. The van der Waals surface area contributed by atoms with Crippen LogP contribution >= 0.6 is 0 Å². The fraction of sp³-hybridized carbons (Fsp3) is 0.875. The molecule has 0 amide bonds. The van der Waals surface area contributed by atoms with Gasteiger partial charge in [0.1, 0.15) is 0 Å². The van der Waals surface area contributed by atoms with Crippen LogP contribution in [0.5, 0.6) is 0 Å². The third-order valence-corrected chi connectivity index (χ3v) is 1.16. The Morgan fingerprint density at radius 1 is 1.36 bits per heavy atom. The Kier molecular flexibility index (Phi) is 11.1. The molecule has 0 aromatic heterocycles. The Bertz CT molecular complexity index is 111. The van der Waals surface area contributed by atoms with E-state index in [1.165, 1.54) is 0 Å². The molecule has 0 bridgehead atoms. The van der Waals surface area contributed by atoms with Crippen LogP contribution in [-0.4, -0.2) is 18.9 Å². The van der Waals surface area contributed by atoms with Crippen molar-refractivity contribution in [2.24, 2.45) is 10.9 Å². The maximum absolute atomic E-state index is 4.26. The number of aliphatic imine (C=N–C) groups is 1. The molecule has 0 spiro atoms. The molecule has 0 saturated heterocycles. The summed E-state index contributed by atoms with van der Waals surface area (Å²) in [6, 6.07) is 0. The summed E-state index contributed by atoms with van der Waals surface area (Å²) in [7, 11) is 0. The number of hydrogen-bond donors (Lipinski definition) is 0. The molecule has 0 N–H and O–H groups in total. The first-order valence-electron chi connectivity index (χ1n) is 3.94. The van der Waals surface area contributed by atoms with Gasteiger partial charge in [-0.15, -0.1) is 0 Å². The molecule has 0 aromatic rings. The van der Waals surface area contributed by atoms with Crippen LogP contribution in [0, 0.1) is 5.92 Å². The van der Waals surface area contributed by atoms with Crippen LogP contribution in [0.3, 0.4) is 0 Å². The topological polar surface area (TPSA) is 26.5 Å². The maximum Gasteiger partial charge on any atom is 0 e. The number of hydrogen-bond acceptors (Lipinski definition) is 1. The molecule has 1 radical (unpaired) electrons. The van der Waals surface area contributed by atoms with Gasteiger partial charge in [0.25, 0.3) is 0 Å². The first-order valence-corrected chi connectivity index (χ1v) is 3.94. The summed E-state index contributed by atoms with van der Waals surface area (Å²) in [5, 5.41) is 4.26. The Balaban J connectivity index is 0. The van der Waals surface area contributed by atoms with E-state index in [2.05, 4.69) is 24.2 Å². The van der Waals surface area contributed by atoms with Crippen LogP contribution < -0.4 is 0 Å². The largest absolute Gasteiger partial charge is 0.469 e. The van der Waals surface area contributed by atoms with Crippen LogP contribution in [0.15, 0.2) is 4.99 Å². The SMILES string of the molecule is CCN=C([N-]CC)C(C)C.[Y]. The summed E-state index contributed by atoms with van der Waals surface area (Å²) in [6.45, 7) is 10.00. The van der Waals surface area contributed by atoms with Crippen molar-refractivity contribution in [2.45, 2.75) is 27.7 Å². The van der Waals surface area contributed by atoms with E-state index in [0.717, 1.165) is 18.9 Å². The molecule has 0 aromatic carbocycles. The number of amidine groups is 1. The van der Waals surface area contributed by atoms with E-state index in [1.54, 1.807) is 0 Å². The fourth-order valence-electron chi connectivity index (χ4n) is 0.739. The molecule has 0 aliphatic rings. The van der Waals surface area contributed by atoms with E-state index in [1.807, 2.05) is 13.8 Å².